The lowest BCUT2D eigenvalue weighted by molar-refractivity contribution is 0.293. The van der Waals surface area contributed by atoms with Gasteiger partial charge < -0.3 is 5.32 Å². The average molecular weight is 354 g/mol. The predicted octanol–water partition coefficient (Wildman–Crippen LogP) is 4.73. The Balaban J connectivity index is 1.39. The maximum atomic E-state index is 12.9. The molecule has 1 aliphatic carbocycles. The minimum absolute atomic E-state index is 0.148. The van der Waals surface area contributed by atoms with Crippen molar-refractivity contribution in [3.63, 3.8) is 0 Å². The molecule has 1 aromatic carbocycles. The predicted molar refractivity (Wildman–Crippen MR) is 85.9 cm³/mol. The van der Waals surface area contributed by atoms with E-state index in [0.717, 1.165) is 13.0 Å². The Morgan fingerprint density at radius 3 is 2.55 bits per heavy atom. The molecule has 1 saturated carbocycles. The molecule has 0 saturated heterocycles. The first-order valence-corrected chi connectivity index (χ1v) is 8.55. The number of halogens is 2. The van der Waals surface area contributed by atoms with Crippen molar-refractivity contribution in [1.29, 1.82) is 0 Å². The second kappa shape index (κ2) is 6.37. The van der Waals surface area contributed by atoms with Gasteiger partial charge in [0.15, 0.2) is 0 Å². The first-order valence-electron chi connectivity index (χ1n) is 6.94. The standard InChI is InChI=1S/C16H17BrFNS/c17-16-6-5-15(20-16)7-8-19-14-9-12(10-14)11-1-3-13(18)4-2-11/h1-6,12,14,19H,7-10H2. The zero-order valence-electron chi connectivity index (χ0n) is 11.1. The van der Waals surface area contributed by atoms with E-state index in [1.165, 1.54) is 27.1 Å². The first-order chi connectivity index (χ1) is 9.70. The summed E-state index contributed by atoms with van der Waals surface area (Å²) in [4.78, 5) is 1.42. The molecule has 0 bridgehead atoms. The van der Waals surface area contributed by atoms with Crippen molar-refractivity contribution < 1.29 is 4.39 Å². The van der Waals surface area contributed by atoms with E-state index in [-0.39, 0.29) is 5.82 Å². The second-order valence-electron chi connectivity index (χ2n) is 5.33. The molecule has 0 spiro atoms. The van der Waals surface area contributed by atoms with Crippen molar-refractivity contribution >= 4 is 27.3 Å². The minimum Gasteiger partial charge on any atom is -0.314 e. The summed E-state index contributed by atoms with van der Waals surface area (Å²) in [7, 11) is 0. The summed E-state index contributed by atoms with van der Waals surface area (Å²) in [5, 5.41) is 3.61. The van der Waals surface area contributed by atoms with Gasteiger partial charge in [0.05, 0.1) is 3.79 Å². The van der Waals surface area contributed by atoms with Gasteiger partial charge in [-0.15, -0.1) is 11.3 Å². The van der Waals surface area contributed by atoms with Crippen molar-refractivity contribution in [3.8, 4) is 0 Å². The Kier molecular flexibility index (Phi) is 4.54. The molecule has 2 aromatic rings. The second-order valence-corrected chi connectivity index (χ2v) is 7.87. The Hall–Kier alpha value is -0.710. The highest BCUT2D eigenvalue weighted by molar-refractivity contribution is 9.11. The van der Waals surface area contributed by atoms with Gasteiger partial charge in [0, 0.05) is 17.5 Å². The molecular weight excluding hydrogens is 337 g/mol. The lowest BCUT2D eigenvalue weighted by Crippen LogP contribution is -2.40. The smallest absolute Gasteiger partial charge is 0.123 e. The summed E-state index contributed by atoms with van der Waals surface area (Å²) in [5.41, 5.74) is 1.27. The molecule has 1 nitrogen and oxygen atoms in total. The maximum Gasteiger partial charge on any atom is 0.123 e. The molecule has 0 atom stereocenters. The van der Waals surface area contributed by atoms with Crippen LogP contribution in [-0.4, -0.2) is 12.6 Å². The highest BCUT2D eigenvalue weighted by Gasteiger charge is 2.29. The summed E-state index contributed by atoms with van der Waals surface area (Å²) in [6.07, 6.45) is 3.42. The number of nitrogens with one attached hydrogen (secondary N) is 1. The Morgan fingerprint density at radius 2 is 1.90 bits per heavy atom. The largest absolute Gasteiger partial charge is 0.314 e. The van der Waals surface area contributed by atoms with Crippen molar-refractivity contribution in [1.82, 2.24) is 5.32 Å². The van der Waals surface area contributed by atoms with Gasteiger partial charge in [-0.05, 0) is 70.9 Å². The van der Waals surface area contributed by atoms with Gasteiger partial charge in [0.2, 0.25) is 0 Å². The van der Waals surface area contributed by atoms with Crippen LogP contribution in [0.15, 0.2) is 40.2 Å². The van der Waals surface area contributed by atoms with E-state index in [1.54, 1.807) is 23.5 Å². The van der Waals surface area contributed by atoms with Crippen LogP contribution >= 0.6 is 27.3 Å². The number of hydrogen-bond donors (Lipinski definition) is 1. The normalized spacial score (nSPS) is 21.7. The van der Waals surface area contributed by atoms with E-state index in [1.807, 2.05) is 12.1 Å². The molecule has 1 aromatic heterocycles. The SMILES string of the molecule is Fc1ccc(C2CC(NCCc3ccc(Br)s3)C2)cc1. The van der Waals surface area contributed by atoms with Crippen molar-refractivity contribution in [2.75, 3.05) is 6.54 Å². The van der Waals surface area contributed by atoms with Crippen molar-refractivity contribution in [2.24, 2.45) is 0 Å². The highest BCUT2D eigenvalue weighted by Crippen LogP contribution is 2.36. The molecule has 0 aliphatic heterocycles. The zero-order valence-corrected chi connectivity index (χ0v) is 13.5. The quantitative estimate of drug-likeness (QED) is 0.819. The maximum absolute atomic E-state index is 12.9. The first kappa shape index (κ1) is 14.2. The summed E-state index contributed by atoms with van der Waals surface area (Å²) in [6.45, 7) is 1.04. The summed E-state index contributed by atoms with van der Waals surface area (Å²) >= 11 is 5.29. The molecule has 1 heterocycles. The van der Waals surface area contributed by atoms with Crippen molar-refractivity contribution in [2.45, 2.75) is 31.2 Å². The number of hydrogen-bond acceptors (Lipinski definition) is 2. The van der Waals surface area contributed by atoms with E-state index in [4.69, 9.17) is 0 Å². The highest BCUT2D eigenvalue weighted by atomic mass is 79.9. The van der Waals surface area contributed by atoms with Crippen LogP contribution in [0.25, 0.3) is 0 Å². The third kappa shape index (κ3) is 3.48. The van der Waals surface area contributed by atoms with Crippen LogP contribution in [0.4, 0.5) is 4.39 Å². The topological polar surface area (TPSA) is 12.0 Å². The van der Waals surface area contributed by atoms with Crippen LogP contribution < -0.4 is 5.32 Å². The van der Waals surface area contributed by atoms with Crippen LogP contribution in [0.2, 0.25) is 0 Å². The average Bonchev–Trinajstić information content (AvgIpc) is 2.80. The van der Waals surface area contributed by atoms with E-state index in [2.05, 4.69) is 33.4 Å². The number of rotatable bonds is 5. The molecular formula is C16H17BrFNS. The van der Waals surface area contributed by atoms with E-state index in [9.17, 15) is 4.39 Å². The Morgan fingerprint density at radius 1 is 1.15 bits per heavy atom. The molecule has 3 rings (SSSR count). The van der Waals surface area contributed by atoms with Gasteiger partial charge in [-0.2, -0.15) is 0 Å². The van der Waals surface area contributed by atoms with E-state index in [0.29, 0.717) is 12.0 Å². The van der Waals surface area contributed by atoms with Crippen LogP contribution in [-0.2, 0) is 6.42 Å². The third-order valence-corrected chi connectivity index (χ3v) is 5.60. The summed E-state index contributed by atoms with van der Waals surface area (Å²) < 4.78 is 14.1. The molecule has 20 heavy (non-hydrogen) atoms. The molecule has 4 heteroatoms. The summed E-state index contributed by atoms with van der Waals surface area (Å²) in [5.74, 6) is 0.453. The molecule has 1 aliphatic rings. The fourth-order valence-electron chi connectivity index (χ4n) is 2.68. The van der Waals surface area contributed by atoms with Crippen LogP contribution in [0.1, 0.15) is 29.2 Å². The van der Waals surface area contributed by atoms with E-state index < -0.39 is 0 Å². The fourth-order valence-corrected chi connectivity index (χ4v) is 4.16. The molecule has 1 N–H and O–H groups in total. The third-order valence-electron chi connectivity index (χ3n) is 3.91. The fraction of sp³-hybridized carbons (Fsp3) is 0.375. The molecule has 0 amide bonds. The van der Waals surface area contributed by atoms with Gasteiger partial charge >= 0.3 is 0 Å². The Bertz CT molecular complexity index is 560. The lowest BCUT2D eigenvalue weighted by atomic mass is 9.76. The molecule has 0 radical (unpaired) electrons. The number of thiophene rings is 1. The van der Waals surface area contributed by atoms with Crippen LogP contribution in [0.5, 0.6) is 0 Å². The van der Waals surface area contributed by atoms with Crippen LogP contribution in [0.3, 0.4) is 0 Å². The summed E-state index contributed by atoms with van der Waals surface area (Å²) in [6, 6.07) is 11.9. The van der Waals surface area contributed by atoms with Gasteiger partial charge in [-0.3, -0.25) is 0 Å². The van der Waals surface area contributed by atoms with E-state index >= 15 is 0 Å². The molecule has 106 valence electrons. The van der Waals surface area contributed by atoms with Gasteiger partial charge in [0.1, 0.15) is 5.82 Å². The zero-order chi connectivity index (χ0) is 13.9. The Labute approximate surface area is 131 Å². The number of benzene rings is 1. The molecule has 0 unspecified atom stereocenters. The minimum atomic E-state index is -0.148. The molecule has 1 fully saturated rings. The van der Waals surface area contributed by atoms with Gasteiger partial charge in [-0.25, -0.2) is 4.39 Å². The lowest BCUT2D eigenvalue weighted by Gasteiger charge is -2.36. The van der Waals surface area contributed by atoms with Crippen LogP contribution in [0, 0.1) is 5.82 Å². The van der Waals surface area contributed by atoms with Gasteiger partial charge in [0.25, 0.3) is 0 Å². The van der Waals surface area contributed by atoms with Gasteiger partial charge in [-0.1, -0.05) is 12.1 Å². The van der Waals surface area contributed by atoms with Crippen molar-refractivity contribution in [3.05, 3.63) is 56.4 Å². The monoisotopic (exact) mass is 353 g/mol.